The van der Waals surface area contributed by atoms with Gasteiger partial charge in [-0.2, -0.15) is 13.2 Å². The molecule has 3 N–H and O–H groups in total. The lowest BCUT2D eigenvalue weighted by Gasteiger charge is -2.28. The predicted molar refractivity (Wildman–Crippen MR) is 90.7 cm³/mol. The van der Waals surface area contributed by atoms with Gasteiger partial charge >= 0.3 is 6.18 Å². The summed E-state index contributed by atoms with van der Waals surface area (Å²) in [5.74, 6) is 0. The van der Waals surface area contributed by atoms with Gasteiger partial charge in [0.1, 0.15) is 0 Å². The Bertz CT molecular complexity index is 819. The summed E-state index contributed by atoms with van der Waals surface area (Å²) >= 11 is 11.7. The van der Waals surface area contributed by atoms with Crippen LogP contribution in [0.25, 0.3) is 5.70 Å². The summed E-state index contributed by atoms with van der Waals surface area (Å²) in [6, 6.07) is 10.6. The molecule has 0 fully saturated rings. The van der Waals surface area contributed by atoms with E-state index in [1.807, 2.05) is 0 Å². The van der Waals surface area contributed by atoms with Crippen LogP contribution in [0.4, 0.5) is 13.2 Å². The minimum atomic E-state index is -4.73. The fourth-order valence-corrected chi connectivity index (χ4v) is 3.15. The average molecular weight is 389 g/mol. The van der Waals surface area contributed by atoms with Crippen molar-refractivity contribution in [1.29, 1.82) is 0 Å². The van der Waals surface area contributed by atoms with Crippen molar-refractivity contribution in [3.05, 3.63) is 75.3 Å². The highest BCUT2D eigenvalue weighted by atomic mass is 35.5. The number of hydrogen-bond acceptors (Lipinski definition) is 3. The number of hydroxylamine groups is 1. The number of hydrogen-bond donors (Lipinski definition) is 2. The molecular weight excluding hydrogens is 376 g/mol. The van der Waals surface area contributed by atoms with Crippen molar-refractivity contribution in [2.24, 2.45) is 5.73 Å². The van der Waals surface area contributed by atoms with E-state index in [4.69, 9.17) is 33.8 Å². The van der Waals surface area contributed by atoms with Crippen molar-refractivity contribution in [2.45, 2.75) is 18.3 Å². The second kappa shape index (κ2) is 6.53. The van der Waals surface area contributed by atoms with Crippen molar-refractivity contribution >= 4 is 28.9 Å². The largest absolute Gasteiger partial charge is 0.428 e. The monoisotopic (exact) mass is 388 g/mol. The summed E-state index contributed by atoms with van der Waals surface area (Å²) in [5.41, 5.74) is 6.55. The number of nitrogens with one attached hydrogen (secondary N) is 1. The van der Waals surface area contributed by atoms with Gasteiger partial charge in [0.25, 0.3) is 0 Å². The molecule has 2 aromatic carbocycles. The van der Waals surface area contributed by atoms with Crippen LogP contribution in [0.5, 0.6) is 0 Å². The van der Waals surface area contributed by atoms with Crippen LogP contribution >= 0.6 is 23.2 Å². The Balaban J connectivity index is 2.13. The number of halogens is 5. The van der Waals surface area contributed by atoms with Gasteiger partial charge in [-0.25, -0.2) is 0 Å². The van der Waals surface area contributed by atoms with Crippen LogP contribution in [0.3, 0.4) is 0 Å². The minimum absolute atomic E-state index is 0.0849. The first-order chi connectivity index (χ1) is 11.7. The Labute approximate surface area is 152 Å². The smallest absolute Gasteiger partial charge is 0.326 e. The Morgan fingerprint density at radius 2 is 1.76 bits per heavy atom. The summed E-state index contributed by atoms with van der Waals surface area (Å²) in [5, 5.41) is 0.170. The molecule has 0 aromatic heterocycles. The average Bonchev–Trinajstić information content (AvgIpc) is 3.00. The van der Waals surface area contributed by atoms with Gasteiger partial charge in [0, 0.05) is 27.7 Å². The van der Waals surface area contributed by atoms with Crippen LogP contribution < -0.4 is 11.2 Å². The molecule has 2 aromatic rings. The molecule has 0 saturated heterocycles. The third kappa shape index (κ3) is 3.35. The summed E-state index contributed by atoms with van der Waals surface area (Å²) in [6.07, 6.45) is -3.76. The van der Waals surface area contributed by atoms with E-state index < -0.39 is 11.8 Å². The van der Waals surface area contributed by atoms with Crippen molar-refractivity contribution in [1.82, 2.24) is 5.48 Å². The Morgan fingerprint density at radius 3 is 2.36 bits per heavy atom. The zero-order valence-corrected chi connectivity index (χ0v) is 14.2. The molecule has 0 bridgehead atoms. The van der Waals surface area contributed by atoms with Gasteiger partial charge in [-0.15, -0.1) is 0 Å². The third-order valence-corrected chi connectivity index (χ3v) is 4.29. The first-order valence-corrected chi connectivity index (χ1v) is 8.00. The highest BCUT2D eigenvalue weighted by Gasteiger charge is 2.59. The van der Waals surface area contributed by atoms with Gasteiger partial charge < -0.3 is 5.73 Å². The molecule has 0 spiro atoms. The SMILES string of the molecule is NCc1cccc(C2=CC(c3cc(Cl)cc(Cl)c3)(C(F)(F)F)ON2)c1. The van der Waals surface area contributed by atoms with Crippen molar-refractivity contribution in [3.63, 3.8) is 0 Å². The molecule has 0 saturated carbocycles. The van der Waals surface area contributed by atoms with Gasteiger partial charge in [-0.3, -0.25) is 10.3 Å². The second-order valence-corrected chi connectivity index (χ2v) is 6.43. The van der Waals surface area contributed by atoms with Crippen LogP contribution in [0.1, 0.15) is 16.7 Å². The highest BCUT2D eigenvalue weighted by Crippen LogP contribution is 2.48. The van der Waals surface area contributed by atoms with E-state index in [9.17, 15) is 13.2 Å². The standard InChI is InChI=1S/C17H13Cl2F3N2O/c18-13-5-12(6-14(19)7-13)16(17(20,21)22)8-15(24-25-16)11-3-1-2-10(4-11)9-23/h1-8,24H,9,23H2. The quantitative estimate of drug-likeness (QED) is 0.794. The molecule has 1 aliphatic rings. The molecule has 3 rings (SSSR count). The molecule has 0 aliphatic carbocycles. The summed E-state index contributed by atoms with van der Waals surface area (Å²) in [4.78, 5) is 5.03. The van der Waals surface area contributed by atoms with E-state index in [1.54, 1.807) is 24.3 Å². The van der Waals surface area contributed by atoms with E-state index in [0.29, 0.717) is 5.56 Å². The lowest BCUT2D eigenvalue weighted by atomic mass is 9.91. The zero-order chi connectivity index (χ0) is 18.2. The van der Waals surface area contributed by atoms with Gasteiger partial charge in [0.2, 0.25) is 5.60 Å². The van der Waals surface area contributed by atoms with E-state index in [1.165, 1.54) is 18.2 Å². The van der Waals surface area contributed by atoms with Crippen LogP contribution in [-0.2, 0) is 17.0 Å². The van der Waals surface area contributed by atoms with Gasteiger partial charge in [0.15, 0.2) is 0 Å². The van der Waals surface area contributed by atoms with Gasteiger partial charge in [-0.05, 0) is 35.9 Å². The molecule has 0 amide bonds. The third-order valence-electron chi connectivity index (χ3n) is 3.86. The number of benzene rings is 2. The topological polar surface area (TPSA) is 47.3 Å². The molecule has 1 heterocycles. The lowest BCUT2D eigenvalue weighted by molar-refractivity contribution is -0.269. The summed E-state index contributed by atoms with van der Waals surface area (Å²) in [6.45, 7) is 0.274. The van der Waals surface area contributed by atoms with Crippen molar-refractivity contribution in [3.8, 4) is 0 Å². The zero-order valence-electron chi connectivity index (χ0n) is 12.7. The van der Waals surface area contributed by atoms with Crippen LogP contribution in [0.15, 0.2) is 48.5 Å². The molecule has 1 aliphatic heterocycles. The minimum Gasteiger partial charge on any atom is -0.326 e. The van der Waals surface area contributed by atoms with Crippen molar-refractivity contribution in [2.75, 3.05) is 0 Å². The second-order valence-electron chi connectivity index (χ2n) is 5.56. The molecule has 3 nitrogen and oxygen atoms in total. The Morgan fingerprint density at radius 1 is 1.08 bits per heavy atom. The molecule has 1 unspecified atom stereocenters. The van der Waals surface area contributed by atoms with E-state index in [0.717, 1.165) is 11.6 Å². The lowest BCUT2D eigenvalue weighted by Crippen LogP contribution is -2.42. The first-order valence-electron chi connectivity index (χ1n) is 7.25. The van der Waals surface area contributed by atoms with Crippen LogP contribution in [0.2, 0.25) is 10.0 Å². The van der Waals surface area contributed by atoms with E-state index >= 15 is 0 Å². The van der Waals surface area contributed by atoms with Gasteiger partial charge in [0.05, 0.1) is 5.70 Å². The van der Waals surface area contributed by atoms with Crippen LogP contribution in [0, 0.1) is 0 Å². The summed E-state index contributed by atoms with van der Waals surface area (Å²) in [7, 11) is 0. The van der Waals surface area contributed by atoms with Crippen molar-refractivity contribution < 1.29 is 18.0 Å². The fraction of sp³-hybridized carbons (Fsp3) is 0.176. The number of alkyl halides is 3. The molecule has 132 valence electrons. The highest BCUT2D eigenvalue weighted by molar-refractivity contribution is 6.34. The molecule has 1 atom stereocenters. The predicted octanol–water partition coefficient (Wildman–Crippen LogP) is 4.79. The fourth-order valence-electron chi connectivity index (χ4n) is 2.62. The number of nitrogens with two attached hydrogens (primary N) is 1. The molecule has 0 radical (unpaired) electrons. The first kappa shape index (κ1) is 18.1. The maximum Gasteiger partial charge on any atom is 0.428 e. The summed E-state index contributed by atoms with van der Waals surface area (Å²) < 4.78 is 41.7. The van der Waals surface area contributed by atoms with Gasteiger partial charge in [-0.1, -0.05) is 41.4 Å². The molecular formula is C17H13Cl2F3N2O. The maximum atomic E-state index is 13.9. The maximum absolute atomic E-state index is 13.9. The molecule has 8 heteroatoms. The Hall–Kier alpha value is -1.73. The normalized spacial score (nSPS) is 20.3. The number of rotatable bonds is 3. The molecule has 25 heavy (non-hydrogen) atoms. The van der Waals surface area contributed by atoms with Crippen LogP contribution in [-0.4, -0.2) is 6.18 Å². The Kier molecular flexibility index (Phi) is 4.72. The van der Waals surface area contributed by atoms with E-state index in [-0.39, 0.29) is 27.9 Å². The van der Waals surface area contributed by atoms with E-state index in [2.05, 4.69) is 5.48 Å².